The number of nitrogens with zero attached hydrogens (tertiary/aromatic N) is 2. The summed E-state index contributed by atoms with van der Waals surface area (Å²) in [5, 5.41) is 1.85. The second-order valence-electron chi connectivity index (χ2n) is 6.16. The minimum absolute atomic E-state index is 0.0141. The van der Waals surface area contributed by atoms with Gasteiger partial charge in [0.15, 0.2) is 22.6 Å². The number of hydrogen-bond donors (Lipinski definition) is 1. The molecule has 0 fully saturated rings. The van der Waals surface area contributed by atoms with E-state index in [4.69, 9.17) is 0 Å². The summed E-state index contributed by atoms with van der Waals surface area (Å²) in [6.07, 6.45) is 1.79. The normalized spacial score (nSPS) is 13.4. The predicted octanol–water partition coefficient (Wildman–Crippen LogP) is 3.56. The number of nitrogens with one attached hydrogen (secondary N) is 1. The van der Waals surface area contributed by atoms with E-state index < -0.39 is 38.9 Å². The zero-order valence-electron chi connectivity index (χ0n) is 14.5. The van der Waals surface area contributed by atoms with Crippen LogP contribution in [0.5, 0.6) is 0 Å². The first kappa shape index (κ1) is 19.4. The van der Waals surface area contributed by atoms with Crippen LogP contribution in [0.25, 0.3) is 0 Å². The van der Waals surface area contributed by atoms with E-state index in [1.165, 1.54) is 29.3 Å². The van der Waals surface area contributed by atoms with Crippen molar-refractivity contribution in [2.24, 2.45) is 0 Å². The number of fused-ring (bicyclic) bond motifs is 1. The maximum absolute atomic E-state index is 14.0. The van der Waals surface area contributed by atoms with E-state index in [0.717, 1.165) is 17.4 Å². The number of anilines is 2. The van der Waals surface area contributed by atoms with Crippen molar-refractivity contribution in [3.8, 4) is 0 Å². The van der Waals surface area contributed by atoms with Crippen LogP contribution in [0.15, 0.2) is 46.8 Å². The van der Waals surface area contributed by atoms with E-state index in [0.29, 0.717) is 23.7 Å². The first-order valence-electron chi connectivity index (χ1n) is 8.28. The van der Waals surface area contributed by atoms with E-state index in [1.807, 2.05) is 0 Å². The second-order valence-corrected chi connectivity index (χ2v) is 8.74. The van der Waals surface area contributed by atoms with E-state index in [9.17, 15) is 26.4 Å². The molecule has 2 heterocycles. The third-order valence-electron chi connectivity index (χ3n) is 4.42. The van der Waals surface area contributed by atoms with Gasteiger partial charge < -0.3 is 4.90 Å². The van der Waals surface area contributed by atoms with Crippen molar-refractivity contribution in [2.75, 3.05) is 16.2 Å². The van der Waals surface area contributed by atoms with E-state index in [2.05, 4.69) is 9.71 Å². The van der Waals surface area contributed by atoms with Crippen LogP contribution in [0.3, 0.4) is 0 Å². The molecule has 6 nitrogen and oxygen atoms in total. The SMILES string of the molecule is O=C(c1ccc(F)c(F)c1F)N1CCc2cc(S(=O)(=O)Nc3nccs3)ccc21. The van der Waals surface area contributed by atoms with Gasteiger partial charge in [-0.15, -0.1) is 11.3 Å². The van der Waals surface area contributed by atoms with Gasteiger partial charge in [0.25, 0.3) is 15.9 Å². The lowest BCUT2D eigenvalue weighted by molar-refractivity contribution is 0.0984. The number of aromatic nitrogens is 1. The molecule has 2 aromatic carbocycles. The third kappa shape index (κ3) is 3.47. The largest absolute Gasteiger partial charge is 0.308 e. The molecule has 4 rings (SSSR count). The van der Waals surface area contributed by atoms with Crippen LogP contribution in [0.4, 0.5) is 24.0 Å². The summed E-state index contributed by atoms with van der Waals surface area (Å²) in [7, 11) is -3.87. The molecule has 1 aromatic heterocycles. The third-order valence-corrected chi connectivity index (χ3v) is 6.58. The zero-order chi connectivity index (χ0) is 20.8. The molecule has 0 aliphatic carbocycles. The maximum Gasteiger partial charge on any atom is 0.263 e. The van der Waals surface area contributed by atoms with Crippen LogP contribution in [0.1, 0.15) is 15.9 Å². The second kappa shape index (κ2) is 7.16. The first-order chi connectivity index (χ1) is 13.8. The molecule has 0 unspecified atom stereocenters. The van der Waals surface area contributed by atoms with Crippen LogP contribution in [0, 0.1) is 17.5 Å². The Balaban J connectivity index is 1.64. The average Bonchev–Trinajstić information content (AvgIpc) is 3.34. The van der Waals surface area contributed by atoms with Gasteiger partial charge in [-0.2, -0.15) is 0 Å². The van der Waals surface area contributed by atoms with Crippen molar-refractivity contribution in [1.82, 2.24) is 4.98 Å². The van der Waals surface area contributed by atoms with Gasteiger partial charge in [0.05, 0.1) is 10.5 Å². The molecule has 1 aliphatic rings. The fraction of sp³-hybridized carbons (Fsp3) is 0.111. The summed E-state index contributed by atoms with van der Waals surface area (Å²) in [6.45, 7) is 0.149. The monoisotopic (exact) mass is 439 g/mol. The van der Waals surface area contributed by atoms with Gasteiger partial charge in [0, 0.05) is 23.8 Å². The molecule has 0 atom stereocenters. The number of sulfonamides is 1. The Bertz CT molecular complexity index is 1210. The van der Waals surface area contributed by atoms with Gasteiger partial charge in [0.1, 0.15) is 0 Å². The molecule has 1 aliphatic heterocycles. The standard InChI is InChI=1S/C18H12F3N3O3S2/c19-13-3-2-12(15(20)16(13)21)17(25)24-7-5-10-9-11(1-4-14(10)24)29(26,27)23-18-22-6-8-28-18/h1-4,6,8-9H,5,7H2,(H,22,23). The van der Waals surface area contributed by atoms with Gasteiger partial charge in [0.2, 0.25) is 0 Å². The summed E-state index contributed by atoms with van der Waals surface area (Å²) in [4.78, 5) is 17.7. The number of carbonyl (C=O) groups excluding carboxylic acids is 1. The summed E-state index contributed by atoms with van der Waals surface area (Å²) in [5.41, 5.74) is 0.342. The minimum Gasteiger partial charge on any atom is -0.308 e. The number of carbonyl (C=O) groups is 1. The molecule has 0 spiro atoms. The van der Waals surface area contributed by atoms with Gasteiger partial charge in [-0.25, -0.2) is 26.6 Å². The molecule has 1 N–H and O–H groups in total. The van der Waals surface area contributed by atoms with Crippen molar-refractivity contribution < 1.29 is 26.4 Å². The van der Waals surface area contributed by atoms with Gasteiger partial charge >= 0.3 is 0 Å². The van der Waals surface area contributed by atoms with Crippen LogP contribution in [-0.4, -0.2) is 25.9 Å². The van der Waals surface area contributed by atoms with E-state index in [1.54, 1.807) is 5.38 Å². The van der Waals surface area contributed by atoms with Crippen molar-refractivity contribution in [3.63, 3.8) is 0 Å². The number of amides is 1. The van der Waals surface area contributed by atoms with Crippen LogP contribution in [0.2, 0.25) is 0 Å². The maximum atomic E-state index is 14.0. The molecule has 0 saturated heterocycles. The van der Waals surface area contributed by atoms with Gasteiger partial charge in [-0.1, -0.05) is 0 Å². The van der Waals surface area contributed by atoms with Crippen molar-refractivity contribution in [3.05, 3.63) is 70.5 Å². The van der Waals surface area contributed by atoms with Crippen molar-refractivity contribution >= 4 is 38.1 Å². The number of hydrogen-bond acceptors (Lipinski definition) is 5. The molecule has 0 bridgehead atoms. The molecule has 1 amide bonds. The zero-order valence-corrected chi connectivity index (χ0v) is 16.2. The minimum atomic E-state index is -3.87. The molecule has 0 saturated carbocycles. The van der Waals surface area contributed by atoms with E-state index >= 15 is 0 Å². The number of halogens is 3. The highest BCUT2D eigenvalue weighted by Gasteiger charge is 2.30. The Labute approximate surface area is 167 Å². The Kier molecular flexibility index (Phi) is 4.79. The van der Waals surface area contributed by atoms with Gasteiger partial charge in [-0.3, -0.25) is 9.52 Å². The number of benzene rings is 2. The average molecular weight is 439 g/mol. The summed E-state index contributed by atoms with van der Waals surface area (Å²) >= 11 is 1.13. The highest BCUT2D eigenvalue weighted by Crippen LogP contribution is 2.32. The fourth-order valence-corrected chi connectivity index (χ4v) is 4.88. The molecule has 0 radical (unpaired) electrons. The lowest BCUT2D eigenvalue weighted by Crippen LogP contribution is -2.30. The Morgan fingerprint density at radius 1 is 1.14 bits per heavy atom. The molecule has 11 heteroatoms. The first-order valence-corrected chi connectivity index (χ1v) is 10.6. The Morgan fingerprint density at radius 3 is 2.66 bits per heavy atom. The summed E-state index contributed by atoms with van der Waals surface area (Å²) in [6, 6.07) is 5.71. The predicted molar refractivity (Wildman–Crippen MR) is 101 cm³/mol. The topological polar surface area (TPSA) is 79.4 Å². The Morgan fingerprint density at radius 2 is 1.93 bits per heavy atom. The molecular formula is C18H12F3N3O3S2. The lowest BCUT2D eigenvalue weighted by atomic mass is 10.1. The highest BCUT2D eigenvalue weighted by molar-refractivity contribution is 7.93. The van der Waals surface area contributed by atoms with Crippen molar-refractivity contribution in [2.45, 2.75) is 11.3 Å². The van der Waals surface area contributed by atoms with Crippen LogP contribution >= 0.6 is 11.3 Å². The Hall–Kier alpha value is -2.92. The number of rotatable bonds is 4. The molecule has 150 valence electrons. The fourth-order valence-electron chi connectivity index (χ4n) is 3.04. The molecule has 29 heavy (non-hydrogen) atoms. The number of thiazole rings is 1. The molecular weight excluding hydrogens is 427 g/mol. The van der Waals surface area contributed by atoms with Crippen LogP contribution in [-0.2, 0) is 16.4 Å². The highest BCUT2D eigenvalue weighted by atomic mass is 32.2. The van der Waals surface area contributed by atoms with Gasteiger partial charge in [-0.05, 0) is 42.3 Å². The summed E-state index contributed by atoms with van der Waals surface area (Å²) in [5.74, 6) is -5.50. The summed E-state index contributed by atoms with van der Waals surface area (Å²) < 4.78 is 67.9. The molecule has 3 aromatic rings. The smallest absolute Gasteiger partial charge is 0.263 e. The lowest BCUT2D eigenvalue weighted by Gasteiger charge is -2.18. The quantitative estimate of drug-likeness (QED) is 0.631. The van der Waals surface area contributed by atoms with Crippen LogP contribution < -0.4 is 9.62 Å². The van der Waals surface area contributed by atoms with E-state index in [-0.39, 0.29) is 16.6 Å². The van der Waals surface area contributed by atoms with Crippen molar-refractivity contribution in [1.29, 1.82) is 0 Å².